The molecule has 1 rings (SSSR count). The van der Waals surface area contributed by atoms with Gasteiger partial charge in [-0.1, -0.05) is 23.7 Å². The van der Waals surface area contributed by atoms with E-state index in [0.717, 1.165) is 24.3 Å². The lowest BCUT2D eigenvalue weighted by Gasteiger charge is -2.03. The van der Waals surface area contributed by atoms with Crippen molar-refractivity contribution in [1.82, 2.24) is 10.9 Å². The predicted octanol–water partition coefficient (Wildman–Crippen LogP) is 2.30. The summed E-state index contributed by atoms with van der Waals surface area (Å²) >= 11 is 5.79. The molecular formula is C12H17ClN2O. The molecule has 0 bridgehead atoms. The second-order valence-electron chi connectivity index (χ2n) is 3.63. The first-order chi connectivity index (χ1) is 7.72. The molecule has 1 aromatic carbocycles. The van der Waals surface area contributed by atoms with Crippen LogP contribution in [0.5, 0.6) is 0 Å². The zero-order valence-corrected chi connectivity index (χ0v) is 10.2. The molecule has 3 nitrogen and oxygen atoms in total. The summed E-state index contributed by atoms with van der Waals surface area (Å²) in [5.41, 5.74) is 6.43. The minimum atomic E-state index is 0.0404. The van der Waals surface area contributed by atoms with E-state index in [1.807, 2.05) is 24.3 Å². The van der Waals surface area contributed by atoms with Crippen LogP contribution in [0.2, 0.25) is 5.02 Å². The summed E-state index contributed by atoms with van der Waals surface area (Å²) < 4.78 is 0. The number of carbonyl (C=O) groups is 1. The van der Waals surface area contributed by atoms with Crippen LogP contribution in [-0.4, -0.2) is 13.0 Å². The first-order valence-corrected chi connectivity index (χ1v) is 5.80. The van der Waals surface area contributed by atoms with Gasteiger partial charge >= 0.3 is 0 Å². The SMILES string of the molecule is CNNC(=O)CCCCc1ccc(Cl)cc1. The zero-order valence-electron chi connectivity index (χ0n) is 9.42. The summed E-state index contributed by atoms with van der Waals surface area (Å²) in [5.74, 6) is 0.0404. The van der Waals surface area contributed by atoms with Crippen molar-refractivity contribution in [2.75, 3.05) is 7.05 Å². The Morgan fingerprint density at radius 3 is 2.56 bits per heavy atom. The Labute approximate surface area is 101 Å². The lowest BCUT2D eigenvalue weighted by Crippen LogP contribution is -2.33. The average molecular weight is 241 g/mol. The molecule has 0 unspecified atom stereocenters. The van der Waals surface area contributed by atoms with Gasteiger partial charge in [0, 0.05) is 18.5 Å². The number of carbonyl (C=O) groups excluding carboxylic acids is 1. The van der Waals surface area contributed by atoms with Crippen LogP contribution in [0.15, 0.2) is 24.3 Å². The largest absolute Gasteiger partial charge is 0.292 e. The topological polar surface area (TPSA) is 41.1 Å². The van der Waals surface area contributed by atoms with Crippen molar-refractivity contribution >= 4 is 17.5 Å². The predicted molar refractivity (Wildman–Crippen MR) is 66.2 cm³/mol. The van der Waals surface area contributed by atoms with E-state index in [1.54, 1.807) is 7.05 Å². The molecule has 4 heteroatoms. The summed E-state index contributed by atoms with van der Waals surface area (Å²) in [4.78, 5) is 11.1. The van der Waals surface area contributed by atoms with Gasteiger partial charge in [0.05, 0.1) is 0 Å². The Morgan fingerprint density at radius 1 is 1.25 bits per heavy atom. The van der Waals surface area contributed by atoms with Crippen molar-refractivity contribution in [3.63, 3.8) is 0 Å². The van der Waals surface area contributed by atoms with Gasteiger partial charge < -0.3 is 0 Å². The summed E-state index contributed by atoms with van der Waals surface area (Å²) in [5, 5.41) is 0.761. The van der Waals surface area contributed by atoms with E-state index in [9.17, 15) is 4.79 Å². The van der Waals surface area contributed by atoms with Gasteiger partial charge in [-0.25, -0.2) is 5.43 Å². The highest BCUT2D eigenvalue weighted by Crippen LogP contribution is 2.12. The molecule has 0 atom stereocenters. The quantitative estimate of drug-likeness (QED) is 0.592. The maximum atomic E-state index is 11.1. The number of halogens is 1. The third-order valence-corrected chi connectivity index (χ3v) is 2.55. The van der Waals surface area contributed by atoms with Crippen LogP contribution in [0.3, 0.4) is 0 Å². The Hall–Kier alpha value is -1.06. The summed E-state index contributed by atoms with van der Waals surface area (Å²) in [6.45, 7) is 0. The number of amides is 1. The minimum Gasteiger partial charge on any atom is -0.292 e. The van der Waals surface area contributed by atoms with Crippen LogP contribution in [0.1, 0.15) is 24.8 Å². The van der Waals surface area contributed by atoms with Gasteiger partial charge in [0.2, 0.25) is 5.91 Å². The molecule has 0 saturated carbocycles. The second kappa shape index (κ2) is 7.25. The second-order valence-corrected chi connectivity index (χ2v) is 4.07. The van der Waals surface area contributed by atoms with Gasteiger partial charge in [-0.2, -0.15) is 0 Å². The summed E-state index contributed by atoms with van der Waals surface area (Å²) in [7, 11) is 1.69. The highest BCUT2D eigenvalue weighted by atomic mass is 35.5. The van der Waals surface area contributed by atoms with E-state index in [2.05, 4.69) is 10.9 Å². The molecule has 1 aromatic rings. The third kappa shape index (κ3) is 5.14. The fourth-order valence-electron chi connectivity index (χ4n) is 1.47. The number of aryl methyl sites for hydroxylation is 1. The molecular weight excluding hydrogens is 224 g/mol. The maximum Gasteiger partial charge on any atom is 0.234 e. The normalized spacial score (nSPS) is 10.1. The monoisotopic (exact) mass is 240 g/mol. The number of benzene rings is 1. The van der Waals surface area contributed by atoms with Crippen molar-refractivity contribution in [2.24, 2.45) is 0 Å². The Balaban J connectivity index is 2.16. The van der Waals surface area contributed by atoms with E-state index in [1.165, 1.54) is 5.56 Å². The van der Waals surface area contributed by atoms with Crippen LogP contribution in [0, 0.1) is 0 Å². The van der Waals surface area contributed by atoms with Crippen molar-refractivity contribution < 1.29 is 4.79 Å². The fraction of sp³-hybridized carbons (Fsp3) is 0.417. The van der Waals surface area contributed by atoms with E-state index in [0.29, 0.717) is 6.42 Å². The molecule has 2 N–H and O–H groups in total. The standard InChI is InChI=1S/C12H17ClN2O/c1-14-15-12(16)5-3-2-4-10-6-8-11(13)9-7-10/h6-9,14H,2-5H2,1H3,(H,15,16). The average Bonchev–Trinajstić information content (AvgIpc) is 2.27. The number of nitrogens with one attached hydrogen (secondary N) is 2. The molecule has 0 fully saturated rings. The third-order valence-electron chi connectivity index (χ3n) is 2.30. The van der Waals surface area contributed by atoms with E-state index < -0.39 is 0 Å². The molecule has 0 aliphatic rings. The molecule has 16 heavy (non-hydrogen) atoms. The molecule has 0 aromatic heterocycles. The van der Waals surface area contributed by atoms with Gasteiger partial charge in [-0.05, 0) is 37.0 Å². The fourth-order valence-corrected chi connectivity index (χ4v) is 1.59. The van der Waals surface area contributed by atoms with Crippen LogP contribution >= 0.6 is 11.6 Å². The number of hydrogen-bond acceptors (Lipinski definition) is 2. The molecule has 88 valence electrons. The molecule has 1 amide bonds. The van der Waals surface area contributed by atoms with Crippen LogP contribution in [0.25, 0.3) is 0 Å². The van der Waals surface area contributed by atoms with Crippen molar-refractivity contribution in [1.29, 1.82) is 0 Å². The molecule has 0 radical (unpaired) electrons. The van der Waals surface area contributed by atoms with Crippen molar-refractivity contribution in [2.45, 2.75) is 25.7 Å². The highest BCUT2D eigenvalue weighted by molar-refractivity contribution is 6.30. The number of hydrazine groups is 1. The smallest absolute Gasteiger partial charge is 0.234 e. The van der Waals surface area contributed by atoms with Gasteiger partial charge in [0.15, 0.2) is 0 Å². The van der Waals surface area contributed by atoms with E-state index in [4.69, 9.17) is 11.6 Å². The summed E-state index contributed by atoms with van der Waals surface area (Å²) in [6, 6.07) is 7.83. The highest BCUT2D eigenvalue weighted by Gasteiger charge is 1.99. The number of hydrogen-bond donors (Lipinski definition) is 2. The lowest BCUT2D eigenvalue weighted by atomic mass is 10.1. The lowest BCUT2D eigenvalue weighted by molar-refractivity contribution is -0.122. The Kier molecular flexibility index (Phi) is 5.90. The molecule has 0 saturated heterocycles. The maximum absolute atomic E-state index is 11.1. The van der Waals surface area contributed by atoms with Gasteiger partial charge in [-0.3, -0.25) is 10.2 Å². The zero-order chi connectivity index (χ0) is 11.8. The number of rotatable bonds is 6. The Morgan fingerprint density at radius 2 is 1.94 bits per heavy atom. The van der Waals surface area contributed by atoms with Crippen molar-refractivity contribution in [3.8, 4) is 0 Å². The van der Waals surface area contributed by atoms with Crippen LogP contribution < -0.4 is 10.9 Å². The van der Waals surface area contributed by atoms with Crippen molar-refractivity contribution in [3.05, 3.63) is 34.9 Å². The van der Waals surface area contributed by atoms with Gasteiger partial charge in [0.1, 0.15) is 0 Å². The first-order valence-electron chi connectivity index (χ1n) is 5.42. The van der Waals surface area contributed by atoms with Crippen LogP contribution in [-0.2, 0) is 11.2 Å². The molecule has 0 aliphatic carbocycles. The Bertz CT molecular complexity index is 324. The number of unbranched alkanes of at least 4 members (excludes halogenated alkanes) is 1. The van der Waals surface area contributed by atoms with Gasteiger partial charge in [0.25, 0.3) is 0 Å². The molecule has 0 heterocycles. The molecule has 0 aliphatic heterocycles. The van der Waals surface area contributed by atoms with E-state index >= 15 is 0 Å². The minimum absolute atomic E-state index is 0.0404. The van der Waals surface area contributed by atoms with E-state index in [-0.39, 0.29) is 5.91 Å². The van der Waals surface area contributed by atoms with Crippen LogP contribution in [0.4, 0.5) is 0 Å². The summed E-state index contributed by atoms with van der Waals surface area (Å²) in [6.07, 6.45) is 3.47. The molecule has 0 spiro atoms. The first kappa shape index (κ1) is 13.0. The van der Waals surface area contributed by atoms with Gasteiger partial charge in [-0.15, -0.1) is 0 Å².